The largest absolute Gasteiger partial charge is 0.481 e. The molecule has 0 aliphatic heterocycles. The van der Waals surface area contributed by atoms with Gasteiger partial charge in [0.05, 0.1) is 18.8 Å². The van der Waals surface area contributed by atoms with Gasteiger partial charge in [-0.25, -0.2) is 4.98 Å². The van der Waals surface area contributed by atoms with Gasteiger partial charge in [0, 0.05) is 6.07 Å². The molecular weight excluding hydrogens is 176 g/mol. The number of aromatic nitrogens is 1. The van der Waals surface area contributed by atoms with E-state index in [-0.39, 0.29) is 11.5 Å². The summed E-state index contributed by atoms with van der Waals surface area (Å²) in [6.07, 6.45) is 0. The maximum atomic E-state index is 6.08. The zero-order valence-electron chi connectivity index (χ0n) is 9.24. The van der Waals surface area contributed by atoms with Crippen molar-refractivity contribution in [1.29, 1.82) is 0 Å². The van der Waals surface area contributed by atoms with Crippen molar-refractivity contribution in [3.05, 3.63) is 23.9 Å². The molecule has 1 atom stereocenters. The molecule has 0 aliphatic carbocycles. The highest BCUT2D eigenvalue weighted by atomic mass is 16.5. The van der Waals surface area contributed by atoms with Crippen LogP contribution in [0.1, 0.15) is 32.5 Å². The SMILES string of the molecule is COc1cccc(C(N)C(C)(C)C)n1. The first-order valence-corrected chi connectivity index (χ1v) is 4.71. The number of methoxy groups -OCH3 is 1. The van der Waals surface area contributed by atoms with E-state index < -0.39 is 0 Å². The second kappa shape index (κ2) is 3.96. The zero-order valence-corrected chi connectivity index (χ0v) is 9.24. The molecule has 2 N–H and O–H groups in total. The van der Waals surface area contributed by atoms with E-state index in [0.717, 1.165) is 5.69 Å². The molecule has 0 amide bonds. The van der Waals surface area contributed by atoms with E-state index in [9.17, 15) is 0 Å². The summed E-state index contributed by atoms with van der Waals surface area (Å²) < 4.78 is 5.05. The Kier molecular flexibility index (Phi) is 3.11. The molecule has 3 heteroatoms. The number of pyridine rings is 1. The summed E-state index contributed by atoms with van der Waals surface area (Å²) in [4.78, 5) is 4.31. The van der Waals surface area contributed by atoms with E-state index >= 15 is 0 Å². The second-order valence-corrected chi connectivity index (χ2v) is 4.45. The van der Waals surface area contributed by atoms with Gasteiger partial charge < -0.3 is 10.5 Å². The molecule has 0 fully saturated rings. The van der Waals surface area contributed by atoms with E-state index in [1.165, 1.54) is 0 Å². The van der Waals surface area contributed by atoms with Crippen molar-refractivity contribution in [1.82, 2.24) is 4.98 Å². The summed E-state index contributed by atoms with van der Waals surface area (Å²) >= 11 is 0. The fourth-order valence-corrected chi connectivity index (χ4v) is 1.16. The van der Waals surface area contributed by atoms with Crippen LogP contribution in [0.25, 0.3) is 0 Å². The fourth-order valence-electron chi connectivity index (χ4n) is 1.16. The third kappa shape index (κ3) is 2.45. The van der Waals surface area contributed by atoms with Gasteiger partial charge in [0.25, 0.3) is 0 Å². The number of hydrogen-bond acceptors (Lipinski definition) is 3. The van der Waals surface area contributed by atoms with Crippen LogP contribution in [0.3, 0.4) is 0 Å². The summed E-state index contributed by atoms with van der Waals surface area (Å²) in [5.74, 6) is 0.613. The topological polar surface area (TPSA) is 48.1 Å². The second-order valence-electron chi connectivity index (χ2n) is 4.45. The normalized spacial score (nSPS) is 13.8. The predicted molar refractivity (Wildman–Crippen MR) is 57.2 cm³/mol. The van der Waals surface area contributed by atoms with Crippen molar-refractivity contribution >= 4 is 0 Å². The molecule has 3 nitrogen and oxygen atoms in total. The Balaban J connectivity index is 2.95. The highest BCUT2D eigenvalue weighted by Crippen LogP contribution is 2.29. The van der Waals surface area contributed by atoms with Gasteiger partial charge in [-0.2, -0.15) is 0 Å². The van der Waals surface area contributed by atoms with Crippen LogP contribution in [-0.4, -0.2) is 12.1 Å². The summed E-state index contributed by atoms with van der Waals surface area (Å²) in [6, 6.07) is 5.59. The summed E-state index contributed by atoms with van der Waals surface area (Å²) in [7, 11) is 1.61. The Bertz CT molecular complexity index is 304. The molecule has 0 aromatic carbocycles. The molecule has 14 heavy (non-hydrogen) atoms. The minimum absolute atomic E-state index is 0.0133. The molecule has 1 aromatic rings. The third-order valence-electron chi connectivity index (χ3n) is 2.21. The number of hydrogen-bond donors (Lipinski definition) is 1. The van der Waals surface area contributed by atoms with Gasteiger partial charge in [0.15, 0.2) is 0 Å². The molecule has 1 heterocycles. The number of nitrogens with zero attached hydrogens (tertiary/aromatic N) is 1. The molecule has 1 unspecified atom stereocenters. The van der Waals surface area contributed by atoms with Gasteiger partial charge in [-0.15, -0.1) is 0 Å². The van der Waals surface area contributed by atoms with Gasteiger partial charge in [-0.1, -0.05) is 26.8 Å². The van der Waals surface area contributed by atoms with E-state index in [1.54, 1.807) is 7.11 Å². The van der Waals surface area contributed by atoms with Crippen LogP contribution in [0.15, 0.2) is 18.2 Å². The molecule has 1 rings (SSSR count). The standard InChI is InChI=1S/C11H18N2O/c1-11(2,3)10(12)8-6-5-7-9(13-8)14-4/h5-7,10H,12H2,1-4H3. The van der Waals surface area contributed by atoms with Crippen molar-refractivity contribution in [2.45, 2.75) is 26.8 Å². The molecule has 0 spiro atoms. The lowest BCUT2D eigenvalue weighted by Gasteiger charge is -2.26. The molecule has 0 saturated carbocycles. The molecular formula is C11H18N2O. The molecule has 0 radical (unpaired) electrons. The number of ether oxygens (including phenoxy) is 1. The maximum absolute atomic E-state index is 6.08. The van der Waals surface area contributed by atoms with Crippen LogP contribution in [-0.2, 0) is 0 Å². The number of rotatable bonds is 2. The molecule has 1 aromatic heterocycles. The zero-order chi connectivity index (χ0) is 10.8. The van der Waals surface area contributed by atoms with E-state index in [4.69, 9.17) is 10.5 Å². The monoisotopic (exact) mass is 194 g/mol. The van der Waals surface area contributed by atoms with Crippen LogP contribution in [0.5, 0.6) is 5.88 Å². The van der Waals surface area contributed by atoms with Crippen LogP contribution < -0.4 is 10.5 Å². The summed E-state index contributed by atoms with van der Waals surface area (Å²) in [5.41, 5.74) is 6.96. The van der Waals surface area contributed by atoms with Crippen molar-refractivity contribution in [3.8, 4) is 5.88 Å². The minimum Gasteiger partial charge on any atom is -0.481 e. The predicted octanol–water partition coefficient (Wildman–Crippen LogP) is 2.14. The Morgan fingerprint density at radius 1 is 1.36 bits per heavy atom. The lowest BCUT2D eigenvalue weighted by atomic mass is 9.85. The van der Waals surface area contributed by atoms with E-state index in [0.29, 0.717) is 5.88 Å². The first kappa shape index (κ1) is 11.0. The van der Waals surface area contributed by atoms with Crippen molar-refractivity contribution in [3.63, 3.8) is 0 Å². The van der Waals surface area contributed by atoms with Crippen LogP contribution >= 0.6 is 0 Å². The van der Waals surface area contributed by atoms with Gasteiger partial charge >= 0.3 is 0 Å². The lowest BCUT2D eigenvalue weighted by molar-refractivity contribution is 0.317. The molecule has 0 saturated heterocycles. The average Bonchev–Trinajstić information content (AvgIpc) is 2.15. The molecule has 0 aliphatic rings. The fraction of sp³-hybridized carbons (Fsp3) is 0.545. The molecule has 0 bridgehead atoms. The third-order valence-corrected chi connectivity index (χ3v) is 2.21. The van der Waals surface area contributed by atoms with Gasteiger partial charge in [0.2, 0.25) is 5.88 Å². The van der Waals surface area contributed by atoms with Crippen molar-refractivity contribution in [2.24, 2.45) is 11.1 Å². The highest BCUT2D eigenvalue weighted by Gasteiger charge is 2.23. The van der Waals surface area contributed by atoms with E-state index in [2.05, 4.69) is 25.8 Å². The highest BCUT2D eigenvalue weighted by molar-refractivity contribution is 5.19. The Morgan fingerprint density at radius 2 is 2.00 bits per heavy atom. The van der Waals surface area contributed by atoms with Crippen LogP contribution in [0, 0.1) is 5.41 Å². The summed E-state index contributed by atoms with van der Waals surface area (Å²) in [5, 5.41) is 0. The maximum Gasteiger partial charge on any atom is 0.213 e. The minimum atomic E-state index is -0.0717. The van der Waals surface area contributed by atoms with Crippen molar-refractivity contribution in [2.75, 3.05) is 7.11 Å². The smallest absolute Gasteiger partial charge is 0.213 e. The van der Waals surface area contributed by atoms with Gasteiger partial charge in [0.1, 0.15) is 0 Å². The van der Waals surface area contributed by atoms with Crippen molar-refractivity contribution < 1.29 is 4.74 Å². The van der Waals surface area contributed by atoms with Gasteiger partial charge in [-0.3, -0.25) is 0 Å². The van der Waals surface area contributed by atoms with E-state index in [1.807, 2.05) is 18.2 Å². The lowest BCUT2D eigenvalue weighted by Crippen LogP contribution is -2.27. The first-order valence-electron chi connectivity index (χ1n) is 4.71. The average molecular weight is 194 g/mol. The molecule has 78 valence electrons. The Morgan fingerprint density at radius 3 is 2.50 bits per heavy atom. The number of nitrogens with two attached hydrogens (primary N) is 1. The van der Waals surface area contributed by atoms with Crippen LogP contribution in [0.4, 0.5) is 0 Å². The quantitative estimate of drug-likeness (QED) is 0.784. The van der Waals surface area contributed by atoms with Crippen LogP contribution in [0.2, 0.25) is 0 Å². The van der Waals surface area contributed by atoms with Gasteiger partial charge in [-0.05, 0) is 11.5 Å². The Hall–Kier alpha value is -1.09. The first-order chi connectivity index (χ1) is 6.45. The Labute approximate surface area is 85.3 Å². The summed E-state index contributed by atoms with van der Waals surface area (Å²) in [6.45, 7) is 6.29.